The molecule has 15 heavy (non-hydrogen) atoms. The molecular weight excluding hydrogens is 188 g/mol. The van der Waals surface area contributed by atoms with Crippen molar-refractivity contribution in [3.8, 4) is 0 Å². The molecule has 2 aliphatic rings. The Balaban J connectivity index is 2.06. The third-order valence-corrected chi connectivity index (χ3v) is 3.11. The smallest absolute Gasteiger partial charge is 0.241 e. The topological polar surface area (TPSA) is 23.6 Å². The maximum Gasteiger partial charge on any atom is 0.241 e. The summed E-state index contributed by atoms with van der Waals surface area (Å²) in [6.07, 6.45) is 6.72. The van der Waals surface area contributed by atoms with Crippen molar-refractivity contribution in [1.82, 2.24) is 9.80 Å². The van der Waals surface area contributed by atoms with Gasteiger partial charge in [0, 0.05) is 25.8 Å². The van der Waals surface area contributed by atoms with Gasteiger partial charge in [-0.2, -0.15) is 0 Å². The molecule has 2 rings (SSSR count). The lowest BCUT2D eigenvalue weighted by molar-refractivity contribution is -0.133. The van der Waals surface area contributed by atoms with Crippen LogP contribution in [0.5, 0.6) is 0 Å². The molecule has 0 saturated carbocycles. The fourth-order valence-corrected chi connectivity index (χ4v) is 2.03. The summed E-state index contributed by atoms with van der Waals surface area (Å²) >= 11 is 0. The molecule has 0 spiro atoms. The Morgan fingerprint density at radius 2 is 2.13 bits per heavy atom. The molecule has 1 aliphatic carbocycles. The number of likely N-dealkylation sites (N-methyl/N-ethyl adjacent to an activating group) is 1. The molecule has 1 fully saturated rings. The molecule has 1 amide bonds. The van der Waals surface area contributed by atoms with Crippen LogP contribution in [-0.2, 0) is 4.79 Å². The predicted octanol–water partition coefficient (Wildman–Crippen LogP) is 1.38. The molecule has 0 aromatic carbocycles. The highest BCUT2D eigenvalue weighted by atomic mass is 16.2. The van der Waals surface area contributed by atoms with Gasteiger partial charge >= 0.3 is 0 Å². The van der Waals surface area contributed by atoms with Gasteiger partial charge in [-0.15, -0.1) is 0 Å². The molecular formula is C12H18N2O. The number of allylic oxidation sites excluding steroid dienone is 3. The molecule has 0 aromatic heterocycles. The van der Waals surface area contributed by atoms with Crippen LogP contribution >= 0.6 is 0 Å². The minimum atomic E-state index is 0.221. The Labute approximate surface area is 91.0 Å². The molecule has 0 aromatic rings. The van der Waals surface area contributed by atoms with E-state index in [4.69, 9.17) is 0 Å². The zero-order chi connectivity index (χ0) is 10.8. The van der Waals surface area contributed by atoms with E-state index in [1.807, 2.05) is 7.05 Å². The normalized spacial score (nSPS) is 22.7. The first kappa shape index (κ1) is 10.3. The fourth-order valence-electron chi connectivity index (χ4n) is 2.03. The summed E-state index contributed by atoms with van der Waals surface area (Å²) in [4.78, 5) is 15.6. The molecule has 0 radical (unpaired) electrons. The van der Waals surface area contributed by atoms with Gasteiger partial charge in [0.15, 0.2) is 0 Å². The van der Waals surface area contributed by atoms with Crippen LogP contribution in [0.3, 0.4) is 0 Å². The van der Waals surface area contributed by atoms with Crippen LogP contribution in [0.4, 0.5) is 0 Å². The number of nitrogens with zero attached hydrogens (tertiary/aromatic N) is 2. The molecule has 1 saturated heterocycles. The average Bonchev–Trinajstić information content (AvgIpc) is 2.22. The van der Waals surface area contributed by atoms with Crippen LogP contribution in [0.2, 0.25) is 0 Å². The predicted molar refractivity (Wildman–Crippen MR) is 60.3 cm³/mol. The fraction of sp³-hybridized carbons (Fsp3) is 0.583. The summed E-state index contributed by atoms with van der Waals surface area (Å²) in [7, 11) is 1.87. The minimum absolute atomic E-state index is 0.221. The van der Waals surface area contributed by atoms with Crippen molar-refractivity contribution >= 4 is 5.91 Å². The number of carbonyl (C=O) groups excluding carboxylic acids is 1. The van der Waals surface area contributed by atoms with Gasteiger partial charge in [0.2, 0.25) is 5.91 Å². The van der Waals surface area contributed by atoms with E-state index in [2.05, 4.69) is 24.0 Å². The first-order valence-corrected chi connectivity index (χ1v) is 5.53. The first-order valence-electron chi connectivity index (χ1n) is 5.53. The van der Waals surface area contributed by atoms with Gasteiger partial charge in [-0.25, -0.2) is 0 Å². The third-order valence-electron chi connectivity index (χ3n) is 3.11. The highest BCUT2D eigenvalue weighted by Crippen LogP contribution is 2.20. The van der Waals surface area contributed by atoms with Crippen LogP contribution in [0.15, 0.2) is 23.4 Å². The van der Waals surface area contributed by atoms with Crippen LogP contribution in [0.1, 0.15) is 19.8 Å². The molecule has 3 nitrogen and oxygen atoms in total. The first-order chi connectivity index (χ1) is 7.16. The summed E-state index contributed by atoms with van der Waals surface area (Å²) in [6, 6.07) is 0. The van der Waals surface area contributed by atoms with E-state index in [-0.39, 0.29) is 5.91 Å². The number of hydrogen-bond donors (Lipinski definition) is 0. The van der Waals surface area contributed by atoms with Crippen LogP contribution < -0.4 is 0 Å². The minimum Gasteiger partial charge on any atom is -0.361 e. The van der Waals surface area contributed by atoms with Gasteiger partial charge in [0.05, 0.1) is 6.54 Å². The van der Waals surface area contributed by atoms with Gasteiger partial charge in [-0.1, -0.05) is 11.6 Å². The van der Waals surface area contributed by atoms with Gasteiger partial charge < -0.3 is 9.80 Å². The van der Waals surface area contributed by atoms with Crippen LogP contribution in [0, 0.1) is 0 Å². The highest BCUT2D eigenvalue weighted by Gasteiger charge is 2.22. The monoisotopic (exact) mass is 206 g/mol. The van der Waals surface area contributed by atoms with E-state index in [0.29, 0.717) is 6.54 Å². The summed E-state index contributed by atoms with van der Waals surface area (Å²) in [5.41, 5.74) is 2.65. The van der Waals surface area contributed by atoms with Crippen molar-refractivity contribution < 1.29 is 4.79 Å². The van der Waals surface area contributed by atoms with Crippen molar-refractivity contribution in [2.24, 2.45) is 0 Å². The van der Waals surface area contributed by atoms with Crippen molar-refractivity contribution in [2.45, 2.75) is 19.8 Å². The lowest BCUT2D eigenvalue weighted by atomic mass is 10.0. The lowest BCUT2D eigenvalue weighted by Crippen LogP contribution is -2.47. The largest absolute Gasteiger partial charge is 0.361 e. The molecule has 0 N–H and O–H groups in total. The van der Waals surface area contributed by atoms with E-state index in [0.717, 1.165) is 25.9 Å². The van der Waals surface area contributed by atoms with Crippen molar-refractivity contribution in [1.29, 1.82) is 0 Å². The summed E-state index contributed by atoms with van der Waals surface area (Å²) in [5, 5.41) is 0. The Morgan fingerprint density at radius 1 is 1.33 bits per heavy atom. The van der Waals surface area contributed by atoms with E-state index < -0.39 is 0 Å². The Hall–Kier alpha value is -1.25. The van der Waals surface area contributed by atoms with Crippen LogP contribution in [0.25, 0.3) is 0 Å². The number of piperazine rings is 1. The third kappa shape index (κ3) is 2.22. The molecule has 1 aliphatic heterocycles. The molecule has 0 atom stereocenters. The number of amides is 1. The van der Waals surface area contributed by atoms with Gasteiger partial charge in [-0.3, -0.25) is 4.79 Å². The SMILES string of the molecule is CC1=CC(N2CCN(C)C(=O)C2)=CCC1. The van der Waals surface area contributed by atoms with Crippen molar-refractivity contribution in [3.05, 3.63) is 23.4 Å². The molecule has 0 unspecified atom stereocenters. The second kappa shape index (κ2) is 4.09. The van der Waals surface area contributed by atoms with Crippen molar-refractivity contribution in [3.63, 3.8) is 0 Å². The number of carbonyl (C=O) groups is 1. The maximum atomic E-state index is 11.6. The average molecular weight is 206 g/mol. The Morgan fingerprint density at radius 3 is 2.80 bits per heavy atom. The van der Waals surface area contributed by atoms with Gasteiger partial charge in [-0.05, 0) is 25.8 Å². The van der Waals surface area contributed by atoms with Crippen LogP contribution in [-0.4, -0.2) is 42.4 Å². The second-order valence-corrected chi connectivity index (χ2v) is 4.40. The summed E-state index contributed by atoms with van der Waals surface area (Å²) < 4.78 is 0. The number of hydrogen-bond acceptors (Lipinski definition) is 2. The number of rotatable bonds is 1. The maximum absolute atomic E-state index is 11.6. The van der Waals surface area contributed by atoms with Crippen molar-refractivity contribution in [2.75, 3.05) is 26.7 Å². The van der Waals surface area contributed by atoms with E-state index in [9.17, 15) is 4.79 Å². The Bertz CT molecular complexity index is 331. The van der Waals surface area contributed by atoms with E-state index in [1.54, 1.807) is 4.90 Å². The summed E-state index contributed by atoms with van der Waals surface area (Å²) in [6.45, 7) is 4.48. The molecule has 1 heterocycles. The second-order valence-electron chi connectivity index (χ2n) is 4.40. The lowest BCUT2D eigenvalue weighted by Gasteiger charge is -2.35. The Kier molecular flexibility index (Phi) is 2.80. The van der Waals surface area contributed by atoms with Gasteiger partial charge in [0.25, 0.3) is 0 Å². The standard InChI is InChI=1S/C12H18N2O/c1-10-4-3-5-11(8-10)14-7-6-13(2)12(15)9-14/h5,8H,3-4,6-7,9H2,1-2H3. The van der Waals surface area contributed by atoms with E-state index >= 15 is 0 Å². The molecule has 0 bridgehead atoms. The zero-order valence-electron chi connectivity index (χ0n) is 9.49. The van der Waals surface area contributed by atoms with E-state index in [1.165, 1.54) is 11.3 Å². The summed E-state index contributed by atoms with van der Waals surface area (Å²) in [5.74, 6) is 0.221. The molecule has 3 heteroatoms. The van der Waals surface area contributed by atoms with Gasteiger partial charge in [0.1, 0.15) is 0 Å². The highest BCUT2D eigenvalue weighted by molar-refractivity contribution is 5.79. The zero-order valence-corrected chi connectivity index (χ0v) is 9.49. The molecule has 82 valence electrons. The quantitative estimate of drug-likeness (QED) is 0.647.